The molecule has 0 aliphatic rings. The van der Waals surface area contributed by atoms with Crippen molar-refractivity contribution in [2.45, 2.75) is 6.42 Å². The number of pyridine rings is 1. The largest absolute Gasteiger partial charge is 0.481 e. The van der Waals surface area contributed by atoms with Gasteiger partial charge in [-0.1, -0.05) is 18.2 Å². The molecule has 0 atom stereocenters. The van der Waals surface area contributed by atoms with E-state index in [1.807, 2.05) is 0 Å². The average Bonchev–Trinajstić information content (AvgIpc) is 2.93. The first-order valence-electron chi connectivity index (χ1n) is 6.68. The van der Waals surface area contributed by atoms with Crippen LogP contribution in [0.15, 0.2) is 48.8 Å². The molecule has 0 spiro atoms. The van der Waals surface area contributed by atoms with Gasteiger partial charge in [-0.3, -0.25) is 9.59 Å². The zero-order chi connectivity index (χ0) is 15.5. The quantitative estimate of drug-likeness (QED) is 0.689. The summed E-state index contributed by atoms with van der Waals surface area (Å²) in [6.45, 7) is 0. The molecule has 110 valence electrons. The molecule has 2 aromatic heterocycles. The fourth-order valence-corrected chi connectivity index (χ4v) is 2.29. The molecule has 2 heterocycles. The molecule has 6 nitrogen and oxygen atoms in total. The van der Waals surface area contributed by atoms with E-state index in [9.17, 15) is 9.59 Å². The molecule has 1 aromatic carbocycles. The Bertz CT molecular complexity index is 854. The van der Waals surface area contributed by atoms with Crippen molar-refractivity contribution in [1.29, 1.82) is 0 Å². The predicted octanol–water partition coefficient (Wildman–Crippen LogP) is 2.44. The lowest BCUT2D eigenvalue weighted by atomic mass is 10.1. The third kappa shape index (κ3) is 2.67. The molecule has 0 aliphatic heterocycles. The van der Waals surface area contributed by atoms with E-state index >= 15 is 0 Å². The minimum atomic E-state index is -0.946. The van der Waals surface area contributed by atoms with Gasteiger partial charge >= 0.3 is 5.97 Å². The highest BCUT2D eigenvalue weighted by molar-refractivity contribution is 6.12. The van der Waals surface area contributed by atoms with E-state index in [1.54, 1.807) is 48.8 Å². The number of rotatable bonds is 4. The number of anilines is 1. The van der Waals surface area contributed by atoms with E-state index < -0.39 is 5.97 Å². The van der Waals surface area contributed by atoms with Crippen LogP contribution in [0.3, 0.4) is 0 Å². The number of H-pyrrole nitrogens is 1. The van der Waals surface area contributed by atoms with E-state index in [2.05, 4.69) is 15.3 Å². The number of carbonyl (C=O) groups excluding carboxylic acids is 1. The van der Waals surface area contributed by atoms with Gasteiger partial charge in [0.25, 0.3) is 5.91 Å². The van der Waals surface area contributed by atoms with E-state index in [-0.39, 0.29) is 12.3 Å². The van der Waals surface area contributed by atoms with E-state index in [1.165, 1.54) is 0 Å². The number of fused-ring (bicyclic) bond motifs is 1. The summed E-state index contributed by atoms with van der Waals surface area (Å²) in [7, 11) is 0. The van der Waals surface area contributed by atoms with Crippen LogP contribution in [0.4, 0.5) is 5.69 Å². The first-order valence-corrected chi connectivity index (χ1v) is 6.68. The lowest BCUT2D eigenvalue weighted by molar-refractivity contribution is -0.136. The van der Waals surface area contributed by atoms with Crippen LogP contribution < -0.4 is 5.32 Å². The van der Waals surface area contributed by atoms with Crippen molar-refractivity contribution in [3.8, 4) is 0 Å². The van der Waals surface area contributed by atoms with Crippen LogP contribution >= 0.6 is 0 Å². The van der Waals surface area contributed by atoms with E-state index in [0.717, 1.165) is 5.39 Å². The number of aliphatic carboxylic acids is 1. The van der Waals surface area contributed by atoms with Crippen molar-refractivity contribution >= 4 is 28.6 Å². The number of para-hydroxylation sites is 1. The van der Waals surface area contributed by atoms with Crippen LogP contribution in [0.1, 0.15) is 15.9 Å². The number of amides is 1. The monoisotopic (exact) mass is 295 g/mol. The number of carbonyl (C=O) groups is 2. The predicted molar refractivity (Wildman–Crippen MR) is 81.8 cm³/mol. The van der Waals surface area contributed by atoms with Crippen LogP contribution in [0, 0.1) is 0 Å². The third-order valence-electron chi connectivity index (χ3n) is 3.30. The van der Waals surface area contributed by atoms with Crippen LogP contribution in [-0.2, 0) is 11.2 Å². The molecular weight excluding hydrogens is 282 g/mol. The first kappa shape index (κ1) is 13.8. The molecular formula is C16H13N3O3. The lowest BCUT2D eigenvalue weighted by Crippen LogP contribution is -2.14. The second-order valence-electron chi connectivity index (χ2n) is 4.78. The standard InChI is InChI=1S/C16H13N3O3/c20-14(21)8-10-4-1-2-6-13(10)19-16(22)12-9-18-15-11(12)5-3-7-17-15/h1-7,9H,8H2,(H,17,18)(H,19,22)(H,20,21). The Balaban J connectivity index is 1.90. The highest BCUT2D eigenvalue weighted by Crippen LogP contribution is 2.20. The van der Waals surface area contributed by atoms with Gasteiger partial charge in [-0.2, -0.15) is 0 Å². The Morgan fingerprint density at radius 1 is 1.18 bits per heavy atom. The molecule has 0 unspecified atom stereocenters. The topological polar surface area (TPSA) is 95.1 Å². The Morgan fingerprint density at radius 2 is 2.00 bits per heavy atom. The number of carboxylic acid groups (broad SMARTS) is 1. The van der Waals surface area contributed by atoms with Crippen LogP contribution in [0.5, 0.6) is 0 Å². The number of benzene rings is 1. The fourth-order valence-electron chi connectivity index (χ4n) is 2.29. The van der Waals surface area contributed by atoms with Gasteiger partial charge in [0.2, 0.25) is 0 Å². The number of hydrogen-bond donors (Lipinski definition) is 3. The summed E-state index contributed by atoms with van der Waals surface area (Å²) in [6, 6.07) is 10.4. The number of carboxylic acids is 1. The molecule has 0 radical (unpaired) electrons. The van der Waals surface area contributed by atoms with Gasteiger partial charge in [-0.25, -0.2) is 4.98 Å². The first-order chi connectivity index (χ1) is 10.6. The molecule has 22 heavy (non-hydrogen) atoms. The normalized spacial score (nSPS) is 10.5. The Morgan fingerprint density at radius 3 is 2.82 bits per heavy atom. The van der Waals surface area contributed by atoms with Crippen molar-refractivity contribution in [3.63, 3.8) is 0 Å². The maximum absolute atomic E-state index is 12.4. The summed E-state index contributed by atoms with van der Waals surface area (Å²) in [4.78, 5) is 30.4. The van der Waals surface area contributed by atoms with Crippen molar-refractivity contribution in [1.82, 2.24) is 9.97 Å². The molecule has 0 bridgehead atoms. The van der Waals surface area contributed by atoms with Crippen LogP contribution in [-0.4, -0.2) is 27.0 Å². The van der Waals surface area contributed by atoms with Gasteiger partial charge in [-0.15, -0.1) is 0 Å². The number of aromatic amines is 1. The molecule has 0 saturated heterocycles. The summed E-state index contributed by atoms with van der Waals surface area (Å²) >= 11 is 0. The van der Waals surface area contributed by atoms with E-state index in [4.69, 9.17) is 5.11 Å². The van der Waals surface area contributed by atoms with Crippen molar-refractivity contribution in [3.05, 3.63) is 59.9 Å². The van der Waals surface area contributed by atoms with Gasteiger partial charge in [-0.05, 0) is 23.8 Å². The second kappa shape index (κ2) is 5.69. The summed E-state index contributed by atoms with van der Waals surface area (Å²) in [5, 5.41) is 12.4. The molecule has 3 aromatic rings. The minimum absolute atomic E-state index is 0.147. The van der Waals surface area contributed by atoms with Gasteiger partial charge < -0.3 is 15.4 Å². The highest BCUT2D eigenvalue weighted by atomic mass is 16.4. The summed E-state index contributed by atoms with van der Waals surface area (Å²) < 4.78 is 0. The Labute approximate surface area is 125 Å². The third-order valence-corrected chi connectivity index (χ3v) is 3.30. The lowest BCUT2D eigenvalue weighted by Gasteiger charge is -2.09. The Kier molecular flexibility index (Phi) is 3.57. The number of aromatic nitrogens is 2. The van der Waals surface area contributed by atoms with Gasteiger partial charge in [0.1, 0.15) is 5.65 Å². The minimum Gasteiger partial charge on any atom is -0.481 e. The fraction of sp³-hybridized carbons (Fsp3) is 0.0625. The Hall–Kier alpha value is -3.15. The molecule has 6 heteroatoms. The highest BCUT2D eigenvalue weighted by Gasteiger charge is 2.14. The SMILES string of the molecule is O=C(O)Cc1ccccc1NC(=O)c1c[nH]c2ncccc12. The molecule has 3 rings (SSSR count). The second-order valence-corrected chi connectivity index (χ2v) is 4.78. The molecule has 0 saturated carbocycles. The van der Waals surface area contributed by atoms with E-state index in [0.29, 0.717) is 22.5 Å². The number of nitrogens with zero attached hydrogens (tertiary/aromatic N) is 1. The summed E-state index contributed by atoms with van der Waals surface area (Å²) in [5.74, 6) is -1.25. The zero-order valence-electron chi connectivity index (χ0n) is 11.5. The van der Waals surface area contributed by atoms with Gasteiger partial charge in [0, 0.05) is 23.5 Å². The van der Waals surface area contributed by atoms with Crippen molar-refractivity contribution in [2.75, 3.05) is 5.32 Å². The average molecular weight is 295 g/mol. The number of hydrogen-bond acceptors (Lipinski definition) is 3. The zero-order valence-corrected chi connectivity index (χ0v) is 11.5. The van der Waals surface area contributed by atoms with Crippen molar-refractivity contribution < 1.29 is 14.7 Å². The van der Waals surface area contributed by atoms with Gasteiger partial charge in [0.15, 0.2) is 0 Å². The maximum atomic E-state index is 12.4. The van der Waals surface area contributed by atoms with Crippen molar-refractivity contribution in [2.24, 2.45) is 0 Å². The molecule has 3 N–H and O–H groups in total. The summed E-state index contributed by atoms with van der Waals surface area (Å²) in [6.07, 6.45) is 3.08. The van der Waals surface area contributed by atoms with Crippen LogP contribution in [0.2, 0.25) is 0 Å². The smallest absolute Gasteiger partial charge is 0.307 e. The van der Waals surface area contributed by atoms with Gasteiger partial charge in [0.05, 0.1) is 12.0 Å². The van der Waals surface area contributed by atoms with Crippen LogP contribution in [0.25, 0.3) is 11.0 Å². The molecule has 1 amide bonds. The maximum Gasteiger partial charge on any atom is 0.307 e. The summed E-state index contributed by atoms with van der Waals surface area (Å²) in [5.41, 5.74) is 2.15. The number of nitrogens with one attached hydrogen (secondary N) is 2. The molecule has 0 aliphatic carbocycles. The molecule has 0 fully saturated rings.